The lowest BCUT2D eigenvalue weighted by molar-refractivity contribution is 0.444. The minimum atomic E-state index is -3.36. The van der Waals surface area contributed by atoms with Gasteiger partial charge in [-0.15, -0.1) is 11.6 Å². The molecule has 1 unspecified atom stereocenters. The first-order valence-electron chi connectivity index (χ1n) is 7.28. The number of nitrogens with zero attached hydrogens (tertiary/aromatic N) is 2. The smallest absolute Gasteiger partial charge is 0.244 e. The summed E-state index contributed by atoms with van der Waals surface area (Å²) in [6.07, 6.45) is 4.90. The van der Waals surface area contributed by atoms with Crippen LogP contribution in [0.15, 0.2) is 17.2 Å². The third-order valence-corrected chi connectivity index (χ3v) is 6.13. The van der Waals surface area contributed by atoms with Gasteiger partial charge in [-0.2, -0.15) is 4.31 Å². The summed E-state index contributed by atoms with van der Waals surface area (Å²) < 4.78 is 28.8. The summed E-state index contributed by atoms with van der Waals surface area (Å²) in [6.45, 7) is 6.16. The molecule has 1 aromatic heterocycles. The maximum Gasteiger partial charge on any atom is 0.244 e. The van der Waals surface area contributed by atoms with Gasteiger partial charge in [0.15, 0.2) is 0 Å². The second kappa shape index (κ2) is 6.50. The Bertz CT molecular complexity index is 532. The van der Waals surface area contributed by atoms with Crippen molar-refractivity contribution in [3.63, 3.8) is 0 Å². The van der Waals surface area contributed by atoms with Crippen LogP contribution in [0.4, 0.5) is 0 Å². The normalized spacial score (nSPS) is 20.6. The van der Waals surface area contributed by atoms with Crippen molar-refractivity contribution in [1.29, 1.82) is 0 Å². The number of hydrogen-bond acceptors (Lipinski definition) is 2. The van der Waals surface area contributed by atoms with E-state index >= 15 is 0 Å². The van der Waals surface area contributed by atoms with Gasteiger partial charge in [-0.1, -0.05) is 13.3 Å². The molecule has 1 aliphatic rings. The molecular weight excluding hydrogens is 296 g/mol. The zero-order chi connectivity index (χ0) is 14.8. The van der Waals surface area contributed by atoms with Crippen molar-refractivity contribution in [3.05, 3.63) is 18.0 Å². The Labute approximate surface area is 126 Å². The van der Waals surface area contributed by atoms with E-state index in [1.165, 1.54) is 0 Å². The number of alkyl halides is 1. The van der Waals surface area contributed by atoms with Crippen molar-refractivity contribution < 1.29 is 8.42 Å². The lowest BCUT2D eigenvalue weighted by Crippen LogP contribution is -2.28. The number of aromatic nitrogens is 1. The van der Waals surface area contributed by atoms with E-state index < -0.39 is 10.0 Å². The second-order valence-corrected chi connectivity index (χ2v) is 7.60. The Morgan fingerprint density at radius 2 is 2.15 bits per heavy atom. The molecule has 0 saturated carbocycles. The van der Waals surface area contributed by atoms with Gasteiger partial charge in [-0.3, -0.25) is 0 Å². The number of aryl methyl sites for hydroxylation is 1. The Morgan fingerprint density at radius 1 is 1.40 bits per heavy atom. The van der Waals surface area contributed by atoms with Gasteiger partial charge in [-0.25, -0.2) is 8.42 Å². The minimum absolute atomic E-state index is 0.335. The van der Waals surface area contributed by atoms with Crippen LogP contribution in [0, 0.1) is 5.92 Å². The summed E-state index contributed by atoms with van der Waals surface area (Å²) in [7, 11) is -3.36. The lowest BCUT2D eigenvalue weighted by atomic mass is 10.0. The Kier molecular flexibility index (Phi) is 5.15. The van der Waals surface area contributed by atoms with Crippen LogP contribution in [0.1, 0.15) is 38.8 Å². The molecule has 114 valence electrons. The average Bonchev–Trinajstić information content (AvgIpc) is 3.05. The molecule has 20 heavy (non-hydrogen) atoms. The summed E-state index contributed by atoms with van der Waals surface area (Å²) in [4.78, 5) is 0.382. The fourth-order valence-electron chi connectivity index (χ4n) is 2.88. The topological polar surface area (TPSA) is 42.3 Å². The van der Waals surface area contributed by atoms with Gasteiger partial charge >= 0.3 is 0 Å². The van der Waals surface area contributed by atoms with Gasteiger partial charge in [0.2, 0.25) is 10.0 Å². The highest BCUT2D eigenvalue weighted by Crippen LogP contribution is 2.28. The monoisotopic (exact) mass is 318 g/mol. The van der Waals surface area contributed by atoms with E-state index in [0.29, 0.717) is 29.8 Å². The molecule has 1 aromatic rings. The molecule has 0 bridgehead atoms. The number of halogens is 1. The van der Waals surface area contributed by atoms with Crippen LogP contribution in [0.25, 0.3) is 0 Å². The van der Waals surface area contributed by atoms with E-state index in [-0.39, 0.29) is 0 Å². The number of sulfonamides is 1. The average molecular weight is 319 g/mol. The maximum absolute atomic E-state index is 12.7. The fourth-order valence-corrected chi connectivity index (χ4v) is 4.71. The molecular formula is C14H23ClN2O2S. The highest BCUT2D eigenvalue weighted by Gasteiger charge is 2.32. The van der Waals surface area contributed by atoms with Crippen molar-refractivity contribution in [2.45, 2.75) is 50.4 Å². The fraction of sp³-hybridized carbons (Fsp3) is 0.714. The predicted molar refractivity (Wildman–Crippen MR) is 81.4 cm³/mol. The third-order valence-electron chi connectivity index (χ3n) is 4.02. The molecule has 4 nitrogen and oxygen atoms in total. The van der Waals surface area contributed by atoms with Gasteiger partial charge < -0.3 is 4.57 Å². The van der Waals surface area contributed by atoms with Crippen molar-refractivity contribution in [3.8, 4) is 0 Å². The summed E-state index contributed by atoms with van der Waals surface area (Å²) >= 11 is 5.87. The summed E-state index contributed by atoms with van der Waals surface area (Å²) in [6, 6.07) is 1.71. The van der Waals surface area contributed by atoms with E-state index in [4.69, 9.17) is 11.6 Å². The summed E-state index contributed by atoms with van der Waals surface area (Å²) in [5.41, 5.74) is 0.858. The van der Waals surface area contributed by atoms with Gasteiger partial charge in [0, 0.05) is 31.5 Å². The second-order valence-electron chi connectivity index (χ2n) is 5.39. The molecule has 0 radical (unpaired) electrons. The molecule has 1 fully saturated rings. The van der Waals surface area contributed by atoms with Gasteiger partial charge in [-0.05, 0) is 31.7 Å². The van der Waals surface area contributed by atoms with Gasteiger partial charge in [0.05, 0.1) is 5.88 Å². The largest absolute Gasteiger partial charge is 0.349 e. The Balaban J connectivity index is 2.20. The quantitative estimate of drug-likeness (QED) is 0.756. The highest BCUT2D eigenvalue weighted by atomic mass is 35.5. The van der Waals surface area contributed by atoms with Crippen LogP contribution in [0.2, 0.25) is 0 Å². The van der Waals surface area contributed by atoms with E-state index in [2.05, 4.69) is 6.92 Å². The van der Waals surface area contributed by atoms with E-state index in [0.717, 1.165) is 31.5 Å². The number of rotatable bonds is 6. The summed E-state index contributed by atoms with van der Waals surface area (Å²) in [5, 5.41) is 0. The SMILES string of the molecule is CCCC1CCN(S(=O)(=O)c2cc(CCl)n(CC)c2)C1. The molecule has 1 aliphatic heterocycles. The Hall–Kier alpha value is -0.520. The molecule has 6 heteroatoms. The summed E-state index contributed by atoms with van der Waals surface area (Å²) in [5.74, 6) is 0.845. The van der Waals surface area contributed by atoms with Gasteiger partial charge in [0.1, 0.15) is 4.90 Å². The van der Waals surface area contributed by atoms with E-state index in [1.54, 1.807) is 16.6 Å². The van der Waals surface area contributed by atoms with Gasteiger partial charge in [0.25, 0.3) is 0 Å². The zero-order valence-corrected chi connectivity index (χ0v) is 13.8. The maximum atomic E-state index is 12.7. The molecule has 1 atom stereocenters. The van der Waals surface area contributed by atoms with E-state index in [1.807, 2.05) is 11.5 Å². The van der Waals surface area contributed by atoms with Crippen LogP contribution in [0.5, 0.6) is 0 Å². The first kappa shape index (κ1) is 15.9. The van der Waals surface area contributed by atoms with Crippen LogP contribution >= 0.6 is 11.6 Å². The molecule has 2 rings (SSSR count). The van der Waals surface area contributed by atoms with Crippen LogP contribution in [-0.4, -0.2) is 30.4 Å². The van der Waals surface area contributed by atoms with Crippen molar-refractivity contribution in [2.24, 2.45) is 5.92 Å². The van der Waals surface area contributed by atoms with Crippen molar-refractivity contribution in [1.82, 2.24) is 8.87 Å². The zero-order valence-electron chi connectivity index (χ0n) is 12.2. The molecule has 0 spiro atoms. The molecule has 0 N–H and O–H groups in total. The van der Waals surface area contributed by atoms with Crippen molar-refractivity contribution in [2.75, 3.05) is 13.1 Å². The molecule has 0 aromatic carbocycles. The molecule has 2 heterocycles. The molecule has 1 saturated heterocycles. The molecule has 0 aliphatic carbocycles. The highest BCUT2D eigenvalue weighted by molar-refractivity contribution is 7.89. The molecule has 0 amide bonds. The Morgan fingerprint density at radius 3 is 2.70 bits per heavy atom. The minimum Gasteiger partial charge on any atom is -0.349 e. The van der Waals surface area contributed by atoms with E-state index in [9.17, 15) is 8.42 Å². The van der Waals surface area contributed by atoms with Crippen LogP contribution in [0.3, 0.4) is 0 Å². The van der Waals surface area contributed by atoms with Crippen LogP contribution in [-0.2, 0) is 22.4 Å². The number of hydrogen-bond donors (Lipinski definition) is 0. The van der Waals surface area contributed by atoms with Crippen LogP contribution < -0.4 is 0 Å². The van der Waals surface area contributed by atoms with Crippen molar-refractivity contribution >= 4 is 21.6 Å². The predicted octanol–water partition coefficient (Wildman–Crippen LogP) is 3.06. The first-order valence-corrected chi connectivity index (χ1v) is 9.25. The first-order chi connectivity index (χ1) is 9.52. The third kappa shape index (κ3) is 3.05. The standard InChI is InChI=1S/C14H23ClN2O2S/c1-3-5-12-6-7-17(10-12)20(18,19)14-8-13(9-15)16(4-2)11-14/h8,11-12H,3-7,9-10H2,1-2H3. The lowest BCUT2D eigenvalue weighted by Gasteiger charge is -2.15.